The molecule has 0 spiro atoms. The van der Waals surface area contributed by atoms with Crippen LogP contribution in [0.4, 0.5) is 0 Å². The van der Waals surface area contributed by atoms with E-state index in [9.17, 15) is 9.59 Å². The first-order chi connectivity index (χ1) is 15.0. The number of hydrogen-bond donors (Lipinski definition) is 1. The van der Waals surface area contributed by atoms with Crippen LogP contribution < -0.4 is 10.1 Å². The van der Waals surface area contributed by atoms with Gasteiger partial charge in [0.25, 0.3) is 0 Å². The van der Waals surface area contributed by atoms with Gasteiger partial charge in [0.1, 0.15) is 18.4 Å². The number of likely N-dealkylation sites (N-methyl/N-ethyl adjacent to an activating group) is 1. The third-order valence-electron chi connectivity index (χ3n) is 5.44. The second-order valence-corrected chi connectivity index (χ2v) is 8.36. The fourth-order valence-electron chi connectivity index (χ4n) is 3.94. The molecular formula is C25H33N3O3. The molecule has 2 aromatic carbocycles. The van der Waals surface area contributed by atoms with E-state index >= 15 is 0 Å². The molecule has 2 aromatic rings. The first-order valence-electron chi connectivity index (χ1n) is 11.0. The number of fused-ring (bicyclic) bond motifs is 1. The number of carbonyl (C=O) groups excluding carboxylic acids is 2. The van der Waals surface area contributed by atoms with Gasteiger partial charge in [-0.05, 0) is 32.1 Å². The lowest BCUT2D eigenvalue weighted by molar-refractivity contribution is -0.139. The first-order valence-corrected chi connectivity index (χ1v) is 11.0. The Kier molecular flexibility index (Phi) is 8.06. The number of hydrogen-bond acceptors (Lipinski definition) is 4. The maximum atomic E-state index is 13.8. The predicted octanol–water partition coefficient (Wildman–Crippen LogP) is 2.87. The summed E-state index contributed by atoms with van der Waals surface area (Å²) in [6.45, 7) is 3.52. The molecule has 6 heteroatoms. The van der Waals surface area contributed by atoms with Crippen LogP contribution in [0, 0.1) is 0 Å². The Labute approximate surface area is 185 Å². The van der Waals surface area contributed by atoms with Crippen LogP contribution in [0.2, 0.25) is 0 Å². The van der Waals surface area contributed by atoms with Crippen molar-refractivity contribution < 1.29 is 14.3 Å². The van der Waals surface area contributed by atoms with Crippen molar-refractivity contribution in [3.63, 3.8) is 0 Å². The largest absolute Gasteiger partial charge is 0.491 e. The number of nitrogens with zero attached hydrogens (tertiary/aromatic N) is 2. The smallest absolute Gasteiger partial charge is 0.246 e. The molecule has 0 bridgehead atoms. The molecule has 1 aliphatic heterocycles. The van der Waals surface area contributed by atoms with Gasteiger partial charge in [-0.3, -0.25) is 9.59 Å². The molecule has 3 rings (SSSR count). The molecule has 31 heavy (non-hydrogen) atoms. The second kappa shape index (κ2) is 11.0. The summed E-state index contributed by atoms with van der Waals surface area (Å²) in [6.07, 6.45) is 1.61. The van der Waals surface area contributed by atoms with E-state index in [1.165, 1.54) is 0 Å². The van der Waals surface area contributed by atoms with Gasteiger partial charge < -0.3 is 19.9 Å². The predicted molar refractivity (Wildman–Crippen MR) is 122 cm³/mol. The van der Waals surface area contributed by atoms with Crippen molar-refractivity contribution in [2.45, 2.75) is 44.8 Å². The van der Waals surface area contributed by atoms with Crippen molar-refractivity contribution in [1.82, 2.24) is 15.1 Å². The lowest BCUT2D eigenvalue weighted by Crippen LogP contribution is -2.55. The van der Waals surface area contributed by atoms with Crippen molar-refractivity contribution in [1.29, 1.82) is 0 Å². The summed E-state index contributed by atoms with van der Waals surface area (Å²) in [5.41, 5.74) is 2.00. The SMILES string of the molecule is CCCC(=O)N[C@@H](Cc1ccccc1)C(=O)N1Cc2ccccc2OC[C@H]1CN(C)C. The highest BCUT2D eigenvalue weighted by Gasteiger charge is 2.34. The average molecular weight is 424 g/mol. The number of nitrogens with one attached hydrogen (secondary N) is 1. The molecule has 1 heterocycles. The van der Waals surface area contributed by atoms with E-state index in [0.29, 0.717) is 32.5 Å². The lowest BCUT2D eigenvalue weighted by atomic mass is 10.0. The Morgan fingerprint density at radius 1 is 1.13 bits per heavy atom. The molecule has 0 aliphatic carbocycles. The molecule has 0 saturated carbocycles. The van der Waals surface area contributed by atoms with Gasteiger partial charge in [0.2, 0.25) is 11.8 Å². The summed E-state index contributed by atoms with van der Waals surface area (Å²) in [7, 11) is 3.98. The van der Waals surface area contributed by atoms with E-state index in [1.807, 2.05) is 80.5 Å². The number of amides is 2. The van der Waals surface area contributed by atoms with E-state index < -0.39 is 6.04 Å². The van der Waals surface area contributed by atoms with E-state index in [-0.39, 0.29) is 17.9 Å². The highest BCUT2D eigenvalue weighted by molar-refractivity contribution is 5.88. The van der Waals surface area contributed by atoms with Crippen LogP contribution in [0.15, 0.2) is 54.6 Å². The molecular weight excluding hydrogens is 390 g/mol. The van der Waals surface area contributed by atoms with Crippen LogP contribution >= 0.6 is 0 Å². The Balaban J connectivity index is 1.89. The fraction of sp³-hybridized carbons (Fsp3) is 0.440. The summed E-state index contributed by atoms with van der Waals surface area (Å²) in [5.74, 6) is 0.657. The first kappa shape index (κ1) is 22.8. The monoisotopic (exact) mass is 423 g/mol. The molecule has 6 nitrogen and oxygen atoms in total. The minimum Gasteiger partial charge on any atom is -0.491 e. The third-order valence-corrected chi connectivity index (χ3v) is 5.44. The quantitative estimate of drug-likeness (QED) is 0.709. The minimum absolute atomic E-state index is 0.0690. The zero-order valence-corrected chi connectivity index (χ0v) is 18.7. The highest BCUT2D eigenvalue weighted by atomic mass is 16.5. The number of carbonyl (C=O) groups is 2. The Morgan fingerprint density at radius 3 is 2.55 bits per heavy atom. The number of para-hydroxylation sites is 1. The van der Waals surface area contributed by atoms with Crippen LogP contribution in [-0.2, 0) is 22.6 Å². The van der Waals surface area contributed by atoms with Crippen LogP contribution in [-0.4, -0.2) is 60.9 Å². The van der Waals surface area contributed by atoms with Crippen molar-refractivity contribution in [3.05, 3.63) is 65.7 Å². The molecule has 166 valence electrons. The summed E-state index contributed by atoms with van der Waals surface area (Å²) in [6, 6.07) is 17.0. The molecule has 0 unspecified atom stereocenters. The summed E-state index contributed by atoms with van der Waals surface area (Å²) in [5, 5.41) is 3.00. The Hall–Kier alpha value is -2.86. The van der Waals surface area contributed by atoms with Crippen molar-refractivity contribution in [2.24, 2.45) is 0 Å². The van der Waals surface area contributed by atoms with Gasteiger partial charge in [0, 0.05) is 31.5 Å². The second-order valence-electron chi connectivity index (χ2n) is 8.36. The van der Waals surface area contributed by atoms with E-state index in [1.54, 1.807) is 0 Å². The number of rotatable bonds is 8. The van der Waals surface area contributed by atoms with E-state index in [2.05, 4.69) is 10.2 Å². The van der Waals surface area contributed by atoms with Gasteiger partial charge in [-0.1, -0.05) is 55.5 Å². The van der Waals surface area contributed by atoms with Crippen molar-refractivity contribution >= 4 is 11.8 Å². The van der Waals surface area contributed by atoms with Gasteiger partial charge in [-0.2, -0.15) is 0 Å². The fourth-order valence-corrected chi connectivity index (χ4v) is 3.94. The molecule has 2 atom stereocenters. The summed E-state index contributed by atoms with van der Waals surface area (Å²) in [4.78, 5) is 30.2. The van der Waals surface area contributed by atoms with Gasteiger partial charge in [0.15, 0.2) is 0 Å². The average Bonchev–Trinajstić information content (AvgIpc) is 2.93. The Morgan fingerprint density at radius 2 is 1.84 bits per heavy atom. The minimum atomic E-state index is -0.614. The Bertz CT molecular complexity index is 869. The zero-order chi connectivity index (χ0) is 22.2. The van der Waals surface area contributed by atoms with Crippen LogP contribution in [0.1, 0.15) is 30.9 Å². The molecule has 0 fully saturated rings. The van der Waals surface area contributed by atoms with Crippen LogP contribution in [0.3, 0.4) is 0 Å². The van der Waals surface area contributed by atoms with Crippen molar-refractivity contribution in [3.8, 4) is 5.75 Å². The molecule has 1 N–H and O–H groups in total. The molecule has 0 saturated heterocycles. The molecule has 2 amide bonds. The van der Waals surface area contributed by atoms with Crippen LogP contribution in [0.5, 0.6) is 5.75 Å². The maximum Gasteiger partial charge on any atom is 0.246 e. The van der Waals surface area contributed by atoms with E-state index in [4.69, 9.17) is 4.74 Å². The van der Waals surface area contributed by atoms with Gasteiger partial charge >= 0.3 is 0 Å². The normalized spacial score (nSPS) is 16.8. The van der Waals surface area contributed by atoms with Gasteiger partial charge in [0.05, 0.1) is 6.04 Å². The lowest BCUT2D eigenvalue weighted by Gasteiger charge is -2.34. The summed E-state index contributed by atoms with van der Waals surface area (Å²) < 4.78 is 6.05. The highest BCUT2D eigenvalue weighted by Crippen LogP contribution is 2.26. The van der Waals surface area contributed by atoms with Crippen LogP contribution in [0.25, 0.3) is 0 Å². The molecule has 0 radical (unpaired) electrons. The molecule has 1 aliphatic rings. The number of ether oxygens (including phenoxy) is 1. The van der Waals surface area contributed by atoms with Crippen molar-refractivity contribution in [2.75, 3.05) is 27.2 Å². The topological polar surface area (TPSA) is 61.9 Å². The van der Waals surface area contributed by atoms with E-state index in [0.717, 1.165) is 23.3 Å². The summed E-state index contributed by atoms with van der Waals surface area (Å²) >= 11 is 0. The molecule has 0 aromatic heterocycles. The number of benzene rings is 2. The van der Waals surface area contributed by atoms with Gasteiger partial charge in [-0.15, -0.1) is 0 Å². The zero-order valence-electron chi connectivity index (χ0n) is 18.7. The third kappa shape index (κ3) is 6.31. The maximum absolute atomic E-state index is 13.8. The standard InChI is InChI=1S/C25H33N3O3/c1-4-10-24(29)26-22(15-19-11-6-5-7-12-19)25(30)28-16-20-13-8-9-14-23(20)31-18-21(28)17-27(2)3/h5-9,11-14,21-22H,4,10,15-18H2,1-3H3,(H,26,29)/t21-,22+/m1/s1. The van der Waals surface area contributed by atoms with Gasteiger partial charge in [-0.25, -0.2) is 0 Å².